The fourth-order valence-electron chi connectivity index (χ4n) is 2.07. The molecule has 0 radical (unpaired) electrons. The van der Waals surface area contributed by atoms with Crippen LogP contribution in [0.5, 0.6) is 0 Å². The highest BCUT2D eigenvalue weighted by atomic mass is 79.9. The number of rotatable bonds is 6. The fourth-order valence-corrected chi connectivity index (χ4v) is 2.57. The molecule has 0 bridgehead atoms. The Hall–Kier alpha value is -0.580. The molecule has 0 aliphatic heterocycles. The van der Waals surface area contributed by atoms with Crippen molar-refractivity contribution < 1.29 is 5.11 Å². The lowest BCUT2D eigenvalue weighted by Gasteiger charge is -2.24. The summed E-state index contributed by atoms with van der Waals surface area (Å²) in [5.41, 5.74) is 2.46. The number of hydrogen-bond donors (Lipinski definition) is 2. The number of hydrogen-bond acceptors (Lipinski definition) is 3. The number of nitrogens with one attached hydrogen (secondary N) is 1. The van der Waals surface area contributed by atoms with Crippen molar-refractivity contribution in [3.05, 3.63) is 28.2 Å². The molecular formula is C13H19BrN2O. The molecule has 0 aromatic heterocycles. The maximum Gasteiger partial charge on any atom is 0.0606 e. The summed E-state index contributed by atoms with van der Waals surface area (Å²) in [6.07, 6.45) is 2.49. The zero-order chi connectivity index (χ0) is 12.3. The summed E-state index contributed by atoms with van der Waals surface area (Å²) >= 11 is 3.61. The second kappa shape index (κ2) is 5.85. The first kappa shape index (κ1) is 12.9. The Bertz CT molecular complexity index is 380. The van der Waals surface area contributed by atoms with Crippen LogP contribution in [0.25, 0.3) is 0 Å². The summed E-state index contributed by atoms with van der Waals surface area (Å²) in [7, 11) is 1.95. The van der Waals surface area contributed by atoms with Gasteiger partial charge in [-0.15, -0.1) is 0 Å². The molecule has 1 aliphatic rings. The van der Waals surface area contributed by atoms with Gasteiger partial charge in [-0.2, -0.15) is 0 Å². The van der Waals surface area contributed by atoms with Crippen LogP contribution in [-0.4, -0.2) is 31.3 Å². The molecule has 0 amide bonds. The van der Waals surface area contributed by atoms with Crippen LogP contribution >= 0.6 is 15.9 Å². The molecule has 0 atom stereocenters. The highest BCUT2D eigenvalue weighted by Crippen LogP contribution is 2.33. The minimum Gasteiger partial charge on any atom is -0.395 e. The third kappa shape index (κ3) is 3.21. The van der Waals surface area contributed by atoms with Gasteiger partial charge in [0.15, 0.2) is 0 Å². The second-order valence-corrected chi connectivity index (χ2v) is 5.31. The van der Waals surface area contributed by atoms with Crippen molar-refractivity contribution in [1.29, 1.82) is 0 Å². The van der Waals surface area contributed by atoms with Crippen LogP contribution in [0.1, 0.15) is 18.4 Å². The van der Waals surface area contributed by atoms with Crippen molar-refractivity contribution in [1.82, 2.24) is 5.32 Å². The highest BCUT2D eigenvalue weighted by Gasteiger charge is 2.28. The van der Waals surface area contributed by atoms with E-state index in [2.05, 4.69) is 44.3 Å². The van der Waals surface area contributed by atoms with Gasteiger partial charge < -0.3 is 15.3 Å². The molecule has 1 aromatic carbocycles. The van der Waals surface area contributed by atoms with Gasteiger partial charge in [-0.05, 0) is 37.6 Å². The number of nitrogens with zero attached hydrogens (tertiary/aromatic N) is 1. The summed E-state index contributed by atoms with van der Waals surface area (Å²) in [5, 5.41) is 12.3. The van der Waals surface area contributed by atoms with Gasteiger partial charge in [0.05, 0.1) is 6.61 Å². The molecule has 1 fully saturated rings. The van der Waals surface area contributed by atoms with E-state index >= 15 is 0 Å². The number of benzene rings is 1. The van der Waals surface area contributed by atoms with Crippen molar-refractivity contribution in [3.8, 4) is 0 Å². The van der Waals surface area contributed by atoms with E-state index in [0.717, 1.165) is 17.6 Å². The lowest BCUT2D eigenvalue weighted by atomic mass is 10.2. The molecular weight excluding hydrogens is 280 g/mol. The molecule has 0 spiro atoms. The molecule has 2 rings (SSSR count). The molecule has 0 unspecified atom stereocenters. The maximum atomic E-state index is 9.12. The van der Waals surface area contributed by atoms with Gasteiger partial charge in [-0.3, -0.25) is 0 Å². The molecule has 3 nitrogen and oxygen atoms in total. The zero-order valence-electron chi connectivity index (χ0n) is 10.1. The molecule has 1 aliphatic carbocycles. The van der Waals surface area contributed by atoms with E-state index < -0.39 is 0 Å². The van der Waals surface area contributed by atoms with Crippen molar-refractivity contribution in [3.63, 3.8) is 0 Å². The zero-order valence-corrected chi connectivity index (χ0v) is 11.7. The number of anilines is 1. The Morgan fingerprint density at radius 1 is 1.47 bits per heavy atom. The summed E-state index contributed by atoms with van der Waals surface area (Å²) in [4.78, 5) is 2.30. The molecule has 1 aromatic rings. The van der Waals surface area contributed by atoms with Crippen LogP contribution < -0.4 is 10.2 Å². The minimum atomic E-state index is 0.215. The molecule has 94 valence electrons. The number of aliphatic hydroxyl groups excluding tert-OH is 1. The van der Waals surface area contributed by atoms with Gasteiger partial charge in [0, 0.05) is 29.3 Å². The Labute approximate surface area is 111 Å². The van der Waals surface area contributed by atoms with Crippen LogP contribution in [0.2, 0.25) is 0 Å². The van der Waals surface area contributed by atoms with Gasteiger partial charge in [0.2, 0.25) is 0 Å². The normalized spacial score (nSPS) is 15.0. The summed E-state index contributed by atoms with van der Waals surface area (Å²) in [6, 6.07) is 7.07. The maximum absolute atomic E-state index is 9.12. The van der Waals surface area contributed by atoms with Gasteiger partial charge in [-0.25, -0.2) is 0 Å². The van der Waals surface area contributed by atoms with Crippen LogP contribution in [0, 0.1) is 0 Å². The smallest absolute Gasteiger partial charge is 0.0606 e. The average molecular weight is 299 g/mol. The van der Waals surface area contributed by atoms with Gasteiger partial charge in [0.1, 0.15) is 0 Å². The monoisotopic (exact) mass is 298 g/mol. The average Bonchev–Trinajstić information content (AvgIpc) is 3.13. The molecule has 17 heavy (non-hydrogen) atoms. The van der Waals surface area contributed by atoms with E-state index in [1.807, 2.05) is 7.05 Å². The van der Waals surface area contributed by atoms with Crippen molar-refractivity contribution in [2.45, 2.75) is 25.4 Å². The first-order valence-electron chi connectivity index (χ1n) is 6.06. The van der Waals surface area contributed by atoms with Crippen molar-refractivity contribution in [2.24, 2.45) is 0 Å². The first-order chi connectivity index (χ1) is 8.26. The van der Waals surface area contributed by atoms with Gasteiger partial charge in [0.25, 0.3) is 0 Å². The van der Waals surface area contributed by atoms with E-state index in [9.17, 15) is 0 Å². The van der Waals surface area contributed by atoms with Crippen LogP contribution in [0.15, 0.2) is 22.7 Å². The summed E-state index contributed by atoms with van der Waals surface area (Å²) in [6.45, 7) is 1.80. The number of halogens is 1. The molecule has 1 saturated carbocycles. The largest absolute Gasteiger partial charge is 0.395 e. The quantitative estimate of drug-likeness (QED) is 0.845. The molecule has 4 heteroatoms. The van der Waals surface area contributed by atoms with Gasteiger partial charge >= 0.3 is 0 Å². The van der Waals surface area contributed by atoms with E-state index in [0.29, 0.717) is 6.04 Å². The predicted molar refractivity (Wildman–Crippen MR) is 74.4 cm³/mol. The Morgan fingerprint density at radius 2 is 2.24 bits per heavy atom. The summed E-state index contributed by atoms with van der Waals surface area (Å²) < 4.78 is 1.13. The number of aliphatic hydroxyl groups is 1. The fraction of sp³-hybridized carbons (Fsp3) is 0.538. The molecule has 0 heterocycles. The van der Waals surface area contributed by atoms with Crippen LogP contribution in [0.3, 0.4) is 0 Å². The molecule has 2 N–H and O–H groups in total. The summed E-state index contributed by atoms with van der Waals surface area (Å²) in [5.74, 6) is 0. The predicted octanol–water partition coefficient (Wildman–Crippen LogP) is 2.13. The van der Waals surface area contributed by atoms with Crippen molar-refractivity contribution in [2.75, 3.05) is 25.1 Å². The molecule has 0 saturated heterocycles. The highest BCUT2D eigenvalue weighted by molar-refractivity contribution is 9.10. The Morgan fingerprint density at radius 3 is 2.76 bits per heavy atom. The van der Waals surface area contributed by atoms with E-state index in [-0.39, 0.29) is 6.61 Å². The lowest BCUT2D eigenvalue weighted by Crippen LogP contribution is -2.28. The van der Waals surface area contributed by atoms with Crippen LogP contribution in [-0.2, 0) is 6.54 Å². The first-order valence-corrected chi connectivity index (χ1v) is 6.86. The second-order valence-electron chi connectivity index (χ2n) is 4.45. The van der Waals surface area contributed by atoms with Crippen molar-refractivity contribution >= 4 is 21.6 Å². The van der Waals surface area contributed by atoms with E-state index in [1.165, 1.54) is 24.1 Å². The Kier molecular flexibility index (Phi) is 4.42. The van der Waals surface area contributed by atoms with Crippen LogP contribution in [0.4, 0.5) is 5.69 Å². The van der Waals surface area contributed by atoms with Gasteiger partial charge in [-0.1, -0.05) is 22.0 Å². The third-order valence-corrected chi connectivity index (χ3v) is 3.80. The topological polar surface area (TPSA) is 35.5 Å². The standard InChI is InChI=1S/C13H19BrN2O/c1-15-9-10-2-3-12(8-13(10)14)16(6-7-17)11-4-5-11/h2-3,8,11,15,17H,4-7,9H2,1H3. The lowest BCUT2D eigenvalue weighted by molar-refractivity contribution is 0.301. The SMILES string of the molecule is CNCc1ccc(N(CCO)C2CC2)cc1Br. The Balaban J connectivity index is 2.16. The minimum absolute atomic E-state index is 0.215. The third-order valence-electron chi connectivity index (χ3n) is 3.06. The van der Waals surface area contributed by atoms with E-state index in [4.69, 9.17) is 5.11 Å². The van der Waals surface area contributed by atoms with E-state index in [1.54, 1.807) is 0 Å².